The van der Waals surface area contributed by atoms with Crippen LogP contribution in [0.15, 0.2) is 200 Å². The molecule has 0 N–H and O–H groups in total. The van der Waals surface area contributed by atoms with Crippen LogP contribution in [0.2, 0.25) is 0 Å². The molecule has 284 valence electrons. The maximum atomic E-state index is 2.66. The summed E-state index contributed by atoms with van der Waals surface area (Å²) in [6.45, 7) is 6.87. The van der Waals surface area contributed by atoms with Crippen molar-refractivity contribution in [3.63, 3.8) is 0 Å². The summed E-state index contributed by atoms with van der Waals surface area (Å²) < 4.78 is 2.66. The molecule has 0 radical (unpaired) electrons. The largest absolute Gasteiger partial charge is 0.375 e. The SMILES string of the molecule is CC(C)(C)c1ccc(N2c3cc(N(c4ccccc4)c4ccccc4)ccc3B3c4c2cc2ccccc2c4-c2cccc4c5ccccc5n3c24)c(-c2ccccc2)c1. The van der Waals surface area contributed by atoms with Gasteiger partial charge in [0.2, 0.25) is 0 Å². The Morgan fingerprint density at radius 2 is 1.12 bits per heavy atom. The van der Waals surface area contributed by atoms with Crippen molar-refractivity contribution in [2.24, 2.45) is 0 Å². The van der Waals surface area contributed by atoms with Crippen LogP contribution in [0.25, 0.3) is 54.8 Å². The second-order valence-corrected chi connectivity index (χ2v) is 17.3. The summed E-state index contributed by atoms with van der Waals surface area (Å²) in [4.78, 5) is 4.99. The topological polar surface area (TPSA) is 11.4 Å². The van der Waals surface area contributed by atoms with Crippen molar-refractivity contribution in [1.82, 2.24) is 4.48 Å². The van der Waals surface area contributed by atoms with E-state index in [1.165, 1.54) is 82.7 Å². The third kappa shape index (κ3) is 5.10. The second-order valence-electron chi connectivity index (χ2n) is 17.3. The maximum absolute atomic E-state index is 2.66. The average Bonchev–Trinajstić information content (AvgIpc) is 3.63. The van der Waals surface area contributed by atoms with Crippen molar-refractivity contribution < 1.29 is 0 Å². The van der Waals surface area contributed by atoms with Crippen LogP contribution in [0.4, 0.5) is 34.1 Å². The first-order valence-corrected chi connectivity index (χ1v) is 21.1. The van der Waals surface area contributed by atoms with Crippen molar-refractivity contribution in [3.05, 3.63) is 206 Å². The fraction of sp³-hybridized carbons (Fsp3) is 0.0714. The van der Waals surface area contributed by atoms with Gasteiger partial charge in [-0.15, -0.1) is 0 Å². The van der Waals surface area contributed by atoms with Crippen LogP contribution in [-0.4, -0.2) is 11.3 Å². The first-order chi connectivity index (χ1) is 29.4. The van der Waals surface area contributed by atoms with Gasteiger partial charge in [0, 0.05) is 61.4 Å². The lowest BCUT2D eigenvalue weighted by Crippen LogP contribution is -2.56. The maximum Gasteiger partial charge on any atom is 0.333 e. The molecule has 2 aliphatic heterocycles. The Balaban J connectivity index is 1.24. The van der Waals surface area contributed by atoms with Gasteiger partial charge in [-0.2, -0.15) is 0 Å². The Morgan fingerprint density at radius 1 is 0.467 bits per heavy atom. The Bertz CT molecular complexity index is 3270. The first-order valence-electron chi connectivity index (χ1n) is 21.1. The van der Waals surface area contributed by atoms with Gasteiger partial charge in [0.15, 0.2) is 0 Å². The minimum atomic E-state index is -0.0619. The van der Waals surface area contributed by atoms with Crippen molar-refractivity contribution in [2.75, 3.05) is 9.80 Å². The monoisotopic (exact) mass is 767 g/mol. The third-order valence-electron chi connectivity index (χ3n) is 12.9. The van der Waals surface area contributed by atoms with Crippen LogP contribution in [0, 0.1) is 0 Å². The molecular weight excluding hydrogens is 725 g/mol. The third-order valence-corrected chi connectivity index (χ3v) is 12.9. The van der Waals surface area contributed by atoms with E-state index < -0.39 is 0 Å². The second kappa shape index (κ2) is 13.1. The number of para-hydroxylation sites is 4. The predicted octanol–water partition coefficient (Wildman–Crippen LogP) is 13.8. The molecule has 0 saturated heterocycles. The zero-order valence-corrected chi connectivity index (χ0v) is 34.0. The number of nitrogens with zero attached hydrogens (tertiary/aromatic N) is 3. The van der Waals surface area contributed by atoms with Crippen molar-refractivity contribution in [1.29, 1.82) is 0 Å². The minimum Gasteiger partial charge on any atom is -0.375 e. The Morgan fingerprint density at radius 3 is 1.85 bits per heavy atom. The van der Waals surface area contributed by atoms with E-state index in [2.05, 4.69) is 235 Å². The summed E-state index contributed by atoms with van der Waals surface area (Å²) in [6.07, 6.45) is 0. The molecular formula is C56H42BN3. The Hall–Kier alpha value is -7.30. The highest BCUT2D eigenvalue weighted by molar-refractivity contribution is 6.90. The molecule has 9 aromatic carbocycles. The van der Waals surface area contributed by atoms with E-state index in [0.29, 0.717) is 0 Å². The van der Waals surface area contributed by atoms with E-state index in [1.54, 1.807) is 0 Å². The van der Waals surface area contributed by atoms with E-state index in [0.717, 1.165) is 22.7 Å². The summed E-state index contributed by atoms with van der Waals surface area (Å²) in [5.74, 6) is 0. The van der Waals surface area contributed by atoms with E-state index in [4.69, 9.17) is 0 Å². The Labute approximate surface area is 351 Å². The van der Waals surface area contributed by atoms with Crippen molar-refractivity contribution in [3.8, 4) is 22.3 Å². The van der Waals surface area contributed by atoms with E-state index >= 15 is 0 Å². The highest BCUT2D eigenvalue weighted by Gasteiger charge is 2.44. The highest BCUT2D eigenvalue weighted by atomic mass is 15.2. The molecule has 12 rings (SSSR count). The van der Waals surface area contributed by atoms with Gasteiger partial charge in [-0.1, -0.05) is 160 Å². The quantitative estimate of drug-likeness (QED) is 0.162. The number of hydrogen-bond donors (Lipinski definition) is 0. The molecule has 0 fully saturated rings. The van der Waals surface area contributed by atoms with Gasteiger partial charge in [-0.25, -0.2) is 0 Å². The lowest BCUT2D eigenvalue weighted by atomic mass is 9.44. The molecule has 0 unspecified atom stereocenters. The number of anilines is 6. The van der Waals surface area contributed by atoms with Crippen LogP contribution in [-0.2, 0) is 5.41 Å². The minimum absolute atomic E-state index is 0.0291. The molecule has 2 aliphatic rings. The van der Waals surface area contributed by atoms with Gasteiger partial charge in [-0.05, 0) is 104 Å². The summed E-state index contributed by atoms with van der Waals surface area (Å²) in [6, 6.07) is 74.2. The number of benzene rings is 9. The number of fused-ring (bicyclic) bond motifs is 9. The zero-order chi connectivity index (χ0) is 40.1. The summed E-state index contributed by atoms with van der Waals surface area (Å²) in [7, 11) is 0. The molecule has 0 spiro atoms. The summed E-state index contributed by atoms with van der Waals surface area (Å²) >= 11 is 0. The standard InChI is InChI=1S/C56H42BN3/c1-56(2,3)39-30-33-49(47(35-39)37-18-7-4-8-19-37)59-51-36-42(58(40-21-9-5-10-22-40)41-23-11-6-12-24-41)31-32-48(51)57-54-52(59)34-38-20-13-14-25-43(38)53(54)46-28-17-27-45-44-26-15-16-29-50(44)60(57)55(45)46/h4-36H,1-3H3. The van der Waals surface area contributed by atoms with Crippen LogP contribution in [0.5, 0.6) is 0 Å². The van der Waals surface area contributed by atoms with Crippen molar-refractivity contribution >= 4 is 84.5 Å². The van der Waals surface area contributed by atoms with Gasteiger partial charge < -0.3 is 14.3 Å². The molecule has 3 heterocycles. The van der Waals surface area contributed by atoms with Crippen LogP contribution in [0.1, 0.15) is 26.3 Å². The molecule has 0 aliphatic carbocycles. The fourth-order valence-electron chi connectivity index (χ4n) is 10.2. The molecule has 1 aromatic heterocycles. The molecule has 0 amide bonds. The lowest BCUT2D eigenvalue weighted by molar-refractivity contribution is 0.590. The van der Waals surface area contributed by atoms with Crippen LogP contribution < -0.4 is 20.7 Å². The van der Waals surface area contributed by atoms with Crippen LogP contribution in [0.3, 0.4) is 0 Å². The lowest BCUT2D eigenvalue weighted by Gasteiger charge is -2.42. The summed E-state index contributed by atoms with van der Waals surface area (Å²) in [5, 5.41) is 5.11. The molecule has 4 heteroatoms. The average molecular weight is 768 g/mol. The zero-order valence-electron chi connectivity index (χ0n) is 34.0. The Kier molecular flexibility index (Phi) is 7.58. The van der Waals surface area contributed by atoms with E-state index in [-0.39, 0.29) is 12.3 Å². The van der Waals surface area contributed by atoms with Gasteiger partial charge in [0.05, 0.1) is 5.69 Å². The van der Waals surface area contributed by atoms with Crippen LogP contribution >= 0.6 is 0 Å². The molecule has 0 bridgehead atoms. The fourth-order valence-corrected chi connectivity index (χ4v) is 10.2. The van der Waals surface area contributed by atoms with E-state index in [9.17, 15) is 0 Å². The number of aromatic nitrogens is 1. The van der Waals surface area contributed by atoms with Crippen molar-refractivity contribution in [2.45, 2.75) is 26.2 Å². The molecule has 60 heavy (non-hydrogen) atoms. The first kappa shape index (κ1) is 34.7. The normalized spacial score (nSPS) is 12.8. The highest BCUT2D eigenvalue weighted by Crippen LogP contribution is 2.50. The number of hydrogen-bond acceptors (Lipinski definition) is 2. The van der Waals surface area contributed by atoms with Gasteiger partial charge in [0.1, 0.15) is 0 Å². The predicted molar refractivity (Wildman–Crippen MR) is 256 cm³/mol. The smallest absolute Gasteiger partial charge is 0.333 e. The molecule has 10 aromatic rings. The van der Waals surface area contributed by atoms with Gasteiger partial charge in [-0.3, -0.25) is 0 Å². The molecule has 0 saturated carbocycles. The molecule has 3 nitrogen and oxygen atoms in total. The van der Waals surface area contributed by atoms with Gasteiger partial charge >= 0.3 is 6.85 Å². The van der Waals surface area contributed by atoms with E-state index in [1.807, 2.05) is 0 Å². The van der Waals surface area contributed by atoms with Gasteiger partial charge in [0.25, 0.3) is 0 Å². The molecule has 0 atom stereocenters. The summed E-state index contributed by atoms with van der Waals surface area (Å²) in [5.41, 5.74) is 18.4. The number of rotatable bonds is 5.